The number of rotatable bonds is 5. The summed E-state index contributed by atoms with van der Waals surface area (Å²) in [6.45, 7) is 3.98. The molecule has 162 valence electrons. The van der Waals surface area contributed by atoms with Gasteiger partial charge in [0.15, 0.2) is 0 Å². The molecule has 1 heterocycles. The third-order valence-corrected chi connectivity index (χ3v) is 7.43. The van der Waals surface area contributed by atoms with Gasteiger partial charge in [0.2, 0.25) is 17.7 Å². The molecule has 2 aromatic carbocycles. The Morgan fingerprint density at radius 2 is 1.68 bits per heavy atom. The van der Waals surface area contributed by atoms with E-state index in [1.165, 1.54) is 23.1 Å². The van der Waals surface area contributed by atoms with Crippen LogP contribution in [0.15, 0.2) is 47.4 Å². The minimum atomic E-state index is -0.434. The SMILES string of the molecule is Cc1ccc(N2C(=O)C[C@H](Sc3ccc(NC(=O)C4CCCCC4)cc3)C2=O)cc1C. The summed E-state index contributed by atoms with van der Waals surface area (Å²) in [6, 6.07) is 13.2. The summed E-state index contributed by atoms with van der Waals surface area (Å²) < 4.78 is 0. The van der Waals surface area contributed by atoms with E-state index < -0.39 is 5.25 Å². The van der Waals surface area contributed by atoms with E-state index in [9.17, 15) is 14.4 Å². The molecule has 2 aliphatic rings. The highest BCUT2D eigenvalue weighted by molar-refractivity contribution is 8.00. The van der Waals surface area contributed by atoms with Crippen molar-refractivity contribution in [1.29, 1.82) is 0 Å². The number of carbonyl (C=O) groups excluding carboxylic acids is 3. The Labute approximate surface area is 187 Å². The van der Waals surface area contributed by atoms with Crippen LogP contribution >= 0.6 is 11.8 Å². The first-order valence-corrected chi connectivity index (χ1v) is 11.8. The Balaban J connectivity index is 1.39. The zero-order valence-corrected chi connectivity index (χ0v) is 18.8. The summed E-state index contributed by atoms with van der Waals surface area (Å²) in [5, 5.41) is 2.58. The molecule has 3 amide bonds. The number of amides is 3. The van der Waals surface area contributed by atoms with Crippen molar-refractivity contribution in [2.24, 2.45) is 5.92 Å². The molecule has 1 atom stereocenters. The fourth-order valence-electron chi connectivity index (χ4n) is 4.22. The van der Waals surface area contributed by atoms with Crippen LogP contribution in [-0.4, -0.2) is 23.0 Å². The zero-order valence-electron chi connectivity index (χ0n) is 18.0. The highest BCUT2D eigenvalue weighted by Gasteiger charge is 2.40. The highest BCUT2D eigenvalue weighted by atomic mass is 32.2. The van der Waals surface area contributed by atoms with Crippen LogP contribution in [0.25, 0.3) is 0 Å². The number of hydrogen-bond donors (Lipinski definition) is 1. The van der Waals surface area contributed by atoms with E-state index in [1.807, 2.05) is 56.3 Å². The Hall–Kier alpha value is -2.60. The molecule has 0 radical (unpaired) electrons. The summed E-state index contributed by atoms with van der Waals surface area (Å²) in [5.74, 6) is -0.128. The van der Waals surface area contributed by atoms with Gasteiger partial charge in [0, 0.05) is 22.9 Å². The molecule has 1 aliphatic carbocycles. The number of nitrogens with one attached hydrogen (secondary N) is 1. The first kappa shape index (κ1) is 21.6. The molecule has 1 saturated heterocycles. The summed E-state index contributed by atoms with van der Waals surface area (Å²) >= 11 is 1.40. The maximum absolute atomic E-state index is 12.9. The molecule has 0 unspecified atom stereocenters. The van der Waals surface area contributed by atoms with E-state index in [4.69, 9.17) is 0 Å². The van der Waals surface area contributed by atoms with Crippen LogP contribution in [0.3, 0.4) is 0 Å². The largest absolute Gasteiger partial charge is 0.326 e. The van der Waals surface area contributed by atoms with Crippen molar-refractivity contribution in [1.82, 2.24) is 0 Å². The molecule has 2 fully saturated rings. The maximum atomic E-state index is 12.9. The lowest BCUT2D eigenvalue weighted by molar-refractivity contribution is -0.122. The molecule has 6 heteroatoms. The van der Waals surface area contributed by atoms with Crippen LogP contribution in [0.2, 0.25) is 0 Å². The molecule has 5 nitrogen and oxygen atoms in total. The van der Waals surface area contributed by atoms with Gasteiger partial charge < -0.3 is 5.32 Å². The van der Waals surface area contributed by atoms with E-state index in [0.717, 1.165) is 47.4 Å². The Morgan fingerprint density at radius 1 is 0.968 bits per heavy atom. The monoisotopic (exact) mass is 436 g/mol. The van der Waals surface area contributed by atoms with Crippen LogP contribution in [0, 0.1) is 19.8 Å². The quantitative estimate of drug-likeness (QED) is 0.651. The van der Waals surface area contributed by atoms with Crippen LogP contribution in [0.1, 0.15) is 49.7 Å². The lowest BCUT2D eigenvalue weighted by atomic mass is 9.88. The first-order valence-electron chi connectivity index (χ1n) is 10.9. The summed E-state index contributed by atoms with van der Waals surface area (Å²) in [4.78, 5) is 40.1. The molecular weight excluding hydrogens is 408 g/mol. The van der Waals surface area contributed by atoms with E-state index in [1.54, 1.807) is 0 Å². The van der Waals surface area contributed by atoms with Crippen molar-refractivity contribution >= 4 is 40.9 Å². The predicted molar refractivity (Wildman–Crippen MR) is 124 cm³/mol. The molecule has 2 aromatic rings. The number of imide groups is 1. The Kier molecular flexibility index (Phi) is 6.46. The fourth-order valence-corrected chi connectivity index (χ4v) is 5.28. The number of thioether (sulfide) groups is 1. The van der Waals surface area contributed by atoms with E-state index in [-0.39, 0.29) is 30.1 Å². The average Bonchev–Trinajstić information content (AvgIpc) is 3.05. The molecule has 1 N–H and O–H groups in total. The number of carbonyl (C=O) groups is 3. The number of aryl methyl sites for hydroxylation is 2. The van der Waals surface area contributed by atoms with Gasteiger partial charge in [-0.1, -0.05) is 25.3 Å². The fraction of sp³-hybridized carbons (Fsp3) is 0.400. The van der Waals surface area contributed by atoms with Crippen molar-refractivity contribution in [3.8, 4) is 0 Å². The highest BCUT2D eigenvalue weighted by Crippen LogP contribution is 2.35. The van der Waals surface area contributed by atoms with E-state index in [2.05, 4.69) is 5.32 Å². The summed E-state index contributed by atoms with van der Waals surface area (Å²) in [6.07, 6.45) is 5.60. The van der Waals surface area contributed by atoms with Gasteiger partial charge in [0.1, 0.15) is 0 Å². The number of benzene rings is 2. The van der Waals surface area contributed by atoms with Gasteiger partial charge in [-0.3, -0.25) is 14.4 Å². The predicted octanol–water partition coefficient (Wildman–Crippen LogP) is 5.25. The van der Waals surface area contributed by atoms with Gasteiger partial charge in [0.05, 0.1) is 10.9 Å². The standard InChI is InChI=1S/C25H28N2O3S/c1-16-8-11-20(14-17(16)2)27-23(28)15-22(25(27)30)31-21-12-9-19(10-13-21)26-24(29)18-6-4-3-5-7-18/h8-14,18,22H,3-7,15H2,1-2H3,(H,26,29)/t22-/m0/s1. The van der Waals surface area contributed by atoms with Gasteiger partial charge in [-0.2, -0.15) is 0 Å². The second-order valence-electron chi connectivity index (χ2n) is 8.50. The van der Waals surface area contributed by atoms with Crippen molar-refractivity contribution in [2.75, 3.05) is 10.2 Å². The molecule has 31 heavy (non-hydrogen) atoms. The minimum Gasteiger partial charge on any atom is -0.326 e. The second-order valence-corrected chi connectivity index (χ2v) is 9.77. The number of nitrogens with zero attached hydrogens (tertiary/aromatic N) is 1. The van der Waals surface area contributed by atoms with Crippen molar-refractivity contribution in [3.63, 3.8) is 0 Å². The third-order valence-electron chi connectivity index (χ3n) is 6.23. The molecule has 0 aromatic heterocycles. The second kappa shape index (κ2) is 9.27. The molecule has 1 saturated carbocycles. The van der Waals surface area contributed by atoms with Crippen LogP contribution in [0.5, 0.6) is 0 Å². The Bertz CT molecular complexity index is 996. The summed E-state index contributed by atoms with van der Waals surface area (Å²) in [7, 11) is 0. The first-order chi connectivity index (χ1) is 14.9. The van der Waals surface area contributed by atoms with Crippen molar-refractivity contribution in [3.05, 3.63) is 53.6 Å². The lowest BCUT2D eigenvalue weighted by Gasteiger charge is -2.20. The number of hydrogen-bond acceptors (Lipinski definition) is 4. The van der Waals surface area contributed by atoms with E-state index in [0.29, 0.717) is 5.69 Å². The van der Waals surface area contributed by atoms with Gasteiger partial charge in [-0.15, -0.1) is 11.8 Å². The molecule has 0 spiro atoms. The molecular formula is C25H28N2O3S. The molecule has 1 aliphatic heterocycles. The smallest absolute Gasteiger partial charge is 0.247 e. The van der Waals surface area contributed by atoms with Gasteiger partial charge >= 0.3 is 0 Å². The maximum Gasteiger partial charge on any atom is 0.247 e. The van der Waals surface area contributed by atoms with Crippen molar-refractivity contribution < 1.29 is 14.4 Å². The van der Waals surface area contributed by atoms with Crippen molar-refractivity contribution in [2.45, 2.75) is 62.5 Å². The number of anilines is 2. The third kappa shape index (κ3) is 4.85. The normalized spacial score (nSPS) is 19.7. The van der Waals surface area contributed by atoms with Crippen LogP contribution in [0.4, 0.5) is 11.4 Å². The molecule has 0 bridgehead atoms. The zero-order chi connectivity index (χ0) is 22.0. The van der Waals surface area contributed by atoms with Crippen LogP contribution in [-0.2, 0) is 14.4 Å². The topological polar surface area (TPSA) is 66.5 Å². The molecule has 4 rings (SSSR count). The minimum absolute atomic E-state index is 0.0979. The van der Waals surface area contributed by atoms with Gasteiger partial charge in [-0.05, 0) is 74.2 Å². The Morgan fingerprint density at radius 3 is 2.35 bits per heavy atom. The average molecular weight is 437 g/mol. The van der Waals surface area contributed by atoms with Gasteiger partial charge in [0.25, 0.3) is 0 Å². The van der Waals surface area contributed by atoms with Gasteiger partial charge in [-0.25, -0.2) is 4.90 Å². The van der Waals surface area contributed by atoms with E-state index >= 15 is 0 Å². The summed E-state index contributed by atoms with van der Waals surface area (Å²) in [5.41, 5.74) is 3.59. The van der Waals surface area contributed by atoms with Crippen LogP contribution < -0.4 is 10.2 Å². The lowest BCUT2D eigenvalue weighted by Crippen LogP contribution is -2.31.